The van der Waals surface area contributed by atoms with Gasteiger partial charge in [0.05, 0.1) is 17.2 Å². The van der Waals surface area contributed by atoms with Crippen molar-refractivity contribution >= 4 is 32.7 Å². The Bertz CT molecular complexity index is 818. The highest BCUT2D eigenvalue weighted by atomic mass is 79.9. The van der Waals surface area contributed by atoms with Crippen LogP contribution < -0.4 is 10.9 Å². The molecule has 1 heterocycles. The lowest BCUT2D eigenvalue weighted by Crippen LogP contribution is -2.45. The molecule has 0 aliphatic heterocycles. The zero-order valence-electron chi connectivity index (χ0n) is 14.0. The largest absolute Gasteiger partial charge is 0.352 e. The Morgan fingerprint density at radius 3 is 2.96 bits per heavy atom. The Balaban J connectivity index is 1.76. The lowest BCUT2D eigenvalue weighted by Gasteiger charge is -2.34. The summed E-state index contributed by atoms with van der Waals surface area (Å²) in [5, 5.41) is 3.61. The number of amides is 1. The van der Waals surface area contributed by atoms with Crippen molar-refractivity contribution in [2.75, 3.05) is 0 Å². The van der Waals surface area contributed by atoms with Crippen molar-refractivity contribution in [3.63, 3.8) is 0 Å². The molecule has 2 aromatic rings. The van der Waals surface area contributed by atoms with Gasteiger partial charge < -0.3 is 5.32 Å². The van der Waals surface area contributed by atoms with Crippen molar-refractivity contribution in [2.45, 2.75) is 45.7 Å². The third-order valence-electron chi connectivity index (χ3n) is 5.15. The molecule has 0 bridgehead atoms. The molecule has 0 spiro atoms. The van der Waals surface area contributed by atoms with E-state index in [4.69, 9.17) is 0 Å². The zero-order valence-corrected chi connectivity index (χ0v) is 15.5. The van der Waals surface area contributed by atoms with Crippen LogP contribution in [0.25, 0.3) is 10.9 Å². The molecule has 1 aromatic carbocycles. The fourth-order valence-corrected chi connectivity index (χ4v) is 3.80. The predicted octanol–water partition coefficient (Wildman–Crippen LogP) is 3.10. The van der Waals surface area contributed by atoms with E-state index in [1.165, 1.54) is 17.3 Å². The normalized spacial score (nSPS) is 24.0. The Labute approximate surface area is 149 Å². The molecule has 0 radical (unpaired) electrons. The topological polar surface area (TPSA) is 64.0 Å². The molecule has 128 valence electrons. The summed E-state index contributed by atoms with van der Waals surface area (Å²) in [6.07, 6.45) is 4.82. The molecule has 0 saturated heterocycles. The fourth-order valence-electron chi connectivity index (χ4n) is 3.44. The summed E-state index contributed by atoms with van der Waals surface area (Å²) in [6, 6.07) is 5.57. The van der Waals surface area contributed by atoms with Gasteiger partial charge in [-0.15, -0.1) is 0 Å². The Kier molecular flexibility index (Phi) is 5.04. The van der Waals surface area contributed by atoms with Crippen LogP contribution in [0.5, 0.6) is 0 Å². The second-order valence-electron chi connectivity index (χ2n) is 6.78. The van der Waals surface area contributed by atoms with E-state index >= 15 is 0 Å². The number of halogens is 1. The molecule has 1 aliphatic rings. The van der Waals surface area contributed by atoms with Crippen LogP contribution in [0.3, 0.4) is 0 Å². The molecular weight excluding hydrogens is 370 g/mol. The quantitative estimate of drug-likeness (QED) is 0.873. The van der Waals surface area contributed by atoms with E-state index < -0.39 is 0 Å². The summed E-state index contributed by atoms with van der Waals surface area (Å²) in [5.41, 5.74) is 0.441. The van der Waals surface area contributed by atoms with Crippen LogP contribution in [0, 0.1) is 11.8 Å². The van der Waals surface area contributed by atoms with Gasteiger partial charge in [-0.05, 0) is 36.5 Å². The van der Waals surface area contributed by atoms with Gasteiger partial charge in [-0.1, -0.05) is 42.6 Å². The predicted molar refractivity (Wildman–Crippen MR) is 97.8 cm³/mol. The smallest absolute Gasteiger partial charge is 0.261 e. The van der Waals surface area contributed by atoms with Gasteiger partial charge >= 0.3 is 0 Å². The van der Waals surface area contributed by atoms with Gasteiger partial charge in [-0.25, -0.2) is 4.98 Å². The third kappa shape index (κ3) is 3.53. The van der Waals surface area contributed by atoms with Gasteiger partial charge in [-0.3, -0.25) is 14.2 Å². The SMILES string of the molecule is C[C@H]1[C@@H](NC(=O)Cn2cnc3ccc(Br)cc3c2=O)CCC[C@@H]1C. The van der Waals surface area contributed by atoms with Crippen LogP contribution >= 0.6 is 15.9 Å². The van der Waals surface area contributed by atoms with Crippen molar-refractivity contribution < 1.29 is 4.79 Å². The summed E-state index contributed by atoms with van der Waals surface area (Å²) in [6.45, 7) is 4.43. The fraction of sp³-hybridized carbons (Fsp3) is 0.500. The number of rotatable bonds is 3. The van der Waals surface area contributed by atoms with Crippen LogP contribution in [0.1, 0.15) is 33.1 Å². The first kappa shape index (κ1) is 17.1. The van der Waals surface area contributed by atoms with Crippen molar-refractivity contribution in [3.8, 4) is 0 Å². The maximum absolute atomic E-state index is 12.5. The van der Waals surface area contributed by atoms with E-state index in [2.05, 4.69) is 40.1 Å². The van der Waals surface area contributed by atoms with Crippen molar-refractivity contribution in [1.29, 1.82) is 0 Å². The molecule has 1 saturated carbocycles. The number of carbonyl (C=O) groups excluding carboxylic acids is 1. The van der Waals surface area contributed by atoms with Gasteiger partial charge in [-0.2, -0.15) is 0 Å². The first-order chi connectivity index (χ1) is 11.5. The molecule has 3 atom stereocenters. The molecule has 1 fully saturated rings. The van der Waals surface area contributed by atoms with Crippen LogP contribution in [-0.4, -0.2) is 21.5 Å². The molecular formula is C18H22BrN3O2. The lowest BCUT2D eigenvalue weighted by atomic mass is 9.78. The number of hydrogen-bond acceptors (Lipinski definition) is 3. The van der Waals surface area contributed by atoms with E-state index in [-0.39, 0.29) is 24.1 Å². The summed E-state index contributed by atoms with van der Waals surface area (Å²) < 4.78 is 2.20. The second kappa shape index (κ2) is 7.05. The third-order valence-corrected chi connectivity index (χ3v) is 5.65. The molecule has 24 heavy (non-hydrogen) atoms. The van der Waals surface area contributed by atoms with Crippen molar-refractivity contribution in [3.05, 3.63) is 39.4 Å². The van der Waals surface area contributed by atoms with Crippen LogP contribution in [0.4, 0.5) is 0 Å². The molecule has 3 rings (SSSR count). The monoisotopic (exact) mass is 391 g/mol. The molecule has 1 N–H and O–H groups in total. The average Bonchev–Trinajstić information content (AvgIpc) is 2.55. The summed E-state index contributed by atoms with van der Waals surface area (Å²) in [5.74, 6) is 0.954. The minimum absolute atomic E-state index is 0.00584. The minimum Gasteiger partial charge on any atom is -0.352 e. The molecule has 5 nitrogen and oxygen atoms in total. The number of aromatic nitrogens is 2. The lowest BCUT2D eigenvalue weighted by molar-refractivity contribution is -0.123. The second-order valence-corrected chi connectivity index (χ2v) is 7.70. The minimum atomic E-state index is -0.193. The van der Waals surface area contributed by atoms with Gasteiger partial charge in [0.1, 0.15) is 6.54 Å². The molecule has 1 aliphatic carbocycles. The van der Waals surface area contributed by atoms with E-state index in [9.17, 15) is 9.59 Å². The van der Waals surface area contributed by atoms with Crippen LogP contribution in [0.15, 0.2) is 33.8 Å². The van der Waals surface area contributed by atoms with Gasteiger partial charge in [0.15, 0.2) is 0 Å². The first-order valence-electron chi connectivity index (χ1n) is 8.40. The average molecular weight is 392 g/mol. The Morgan fingerprint density at radius 2 is 2.17 bits per heavy atom. The van der Waals surface area contributed by atoms with Crippen LogP contribution in [-0.2, 0) is 11.3 Å². The maximum atomic E-state index is 12.5. The van der Waals surface area contributed by atoms with E-state index in [1.54, 1.807) is 12.1 Å². The zero-order chi connectivity index (χ0) is 17.3. The van der Waals surface area contributed by atoms with E-state index in [0.717, 1.165) is 17.3 Å². The maximum Gasteiger partial charge on any atom is 0.261 e. The number of nitrogens with zero attached hydrogens (tertiary/aromatic N) is 2. The molecule has 1 aromatic heterocycles. The van der Waals surface area contributed by atoms with E-state index in [0.29, 0.717) is 22.7 Å². The van der Waals surface area contributed by atoms with E-state index in [1.807, 2.05) is 6.07 Å². The Morgan fingerprint density at radius 1 is 1.38 bits per heavy atom. The number of benzene rings is 1. The standard InChI is InChI=1S/C18H22BrN3O2/c1-11-4-3-5-15(12(11)2)21-17(23)9-22-10-20-16-7-6-13(19)8-14(16)18(22)24/h6-8,10-12,15H,3-5,9H2,1-2H3,(H,21,23)/t11-,12+,15-/m0/s1. The first-order valence-corrected chi connectivity index (χ1v) is 9.19. The summed E-state index contributed by atoms with van der Waals surface area (Å²) in [7, 11) is 0. The van der Waals surface area contributed by atoms with Crippen LogP contribution in [0.2, 0.25) is 0 Å². The van der Waals surface area contributed by atoms with Gasteiger partial charge in [0.2, 0.25) is 5.91 Å². The van der Waals surface area contributed by atoms with Crippen molar-refractivity contribution in [2.24, 2.45) is 11.8 Å². The van der Waals surface area contributed by atoms with Crippen molar-refractivity contribution in [1.82, 2.24) is 14.9 Å². The number of nitrogens with one attached hydrogen (secondary N) is 1. The highest BCUT2D eigenvalue weighted by Gasteiger charge is 2.28. The highest BCUT2D eigenvalue weighted by Crippen LogP contribution is 2.29. The molecule has 6 heteroatoms. The van der Waals surface area contributed by atoms with Gasteiger partial charge in [0.25, 0.3) is 5.56 Å². The van der Waals surface area contributed by atoms with Gasteiger partial charge in [0, 0.05) is 10.5 Å². The number of carbonyl (C=O) groups is 1. The number of fused-ring (bicyclic) bond motifs is 1. The summed E-state index contributed by atoms with van der Waals surface area (Å²) in [4.78, 5) is 29.2. The Hall–Kier alpha value is -1.69. The summed E-state index contributed by atoms with van der Waals surface area (Å²) >= 11 is 3.36. The molecule has 0 unspecified atom stereocenters. The number of hydrogen-bond donors (Lipinski definition) is 1. The molecule has 1 amide bonds. The highest BCUT2D eigenvalue weighted by molar-refractivity contribution is 9.10.